The fourth-order valence-electron chi connectivity index (χ4n) is 1.93. The average Bonchev–Trinajstić information content (AvgIpc) is 3.10. The number of furan rings is 1. The minimum Gasteiger partial charge on any atom is -0.469 e. The zero-order valence-corrected chi connectivity index (χ0v) is 12.9. The molecule has 0 bridgehead atoms. The summed E-state index contributed by atoms with van der Waals surface area (Å²) in [5, 5.41) is 9.42. The van der Waals surface area contributed by atoms with Crippen LogP contribution in [0.15, 0.2) is 50.7 Å². The van der Waals surface area contributed by atoms with Crippen LogP contribution < -0.4 is 0 Å². The van der Waals surface area contributed by atoms with Crippen molar-refractivity contribution in [1.82, 2.24) is 10.2 Å². The molecule has 21 heavy (non-hydrogen) atoms. The van der Waals surface area contributed by atoms with Gasteiger partial charge in [-0.15, -0.1) is 10.2 Å². The second-order valence-electron chi connectivity index (χ2n) is 4.45. The molecule has 0 spiro atoms. The van der Waals surface area contributed by atoms with Crippen molar-refractivity contribution < 1.29 is 8.83 Å². The van der Waals surface area contributed by atoms with Gasteiger partial charge in [0.1, 0.15) is 5.76 Å². The van der Waals surface area contributed by atoms with Crippen LogP contribution in [-0.4, -0.2) is 16.0 Å². The van der Waals surface area contributed by atoms with E-state index in [9.17, 15) is 0 Å². The van der Waals surface area contributed by atoms with Crippen LogP contribution in [0, 0.1) is 6.92 Å². The Bertz CT molecular complexity index is 739. The van der Waals surface area contributed by atoms with Gasteiger partial charge in [-0.25, -0.2) is 0 Å². The number of benzene rings is 1. The summed E-state index contributed by atoms with van der Waals surface area (Å²) >= 11 is 7.64. The zero-order chi connectivity index (χ0) is 14.7. The van der Waals surface area contributed by atoms with Gasteiger partial charge in [0.25, 0.3) is 11.1 Å². The molecule has 0 amide bonds. The molecule has 3 aromatic rings. The Labute approximate surface area is 131 Å². The summed E-state index contributed by atoms with van der Waals surface area (Å²) in [4.78, 5) is 0. The van der Waals surface area contributed by atoms with Crippen LogP contribution in [-0.2, 0) is 6.42 Å². The number of thioether (sulfide) groups is 1. The van der Waals surface area contributed by atoms with E-state index in [0.29, 0.717) is 11.1 Å². The van der Waals surface area contributed by atoms with E-state index >= 15 is 0 Å². The predicted octanol–water partition coefficient (Wildman–Crippen LogP) is 4.63. The fourth-order valence-corrected chi connectivity index (χ4v) is 2.90. The Morgan fingerprint density at radius 2 is 2.05 bits per heavy atom. The minimum atomic E-state index is 0.487. The van der Waals surface area contributed by atoms with Crippen molar-refractivity contribution in [2.24, 2.45) is 0 Å². The second-order valence-corrected chi connectivity index (χ2v) is 5.91. The predicted molar refractivity (Wildman–Crippen MR) is 82.6 cm³/mol. The first kappa shape index (κ1) is 14.2. The Hall–Kier alpha value is -1.72. The van der Waals surface area contributed by atoms with Crippen LogP contribution in [0.2, 0.25) is 5.02 Å². The monoisotopic (exact) mass is 320 g/mol. The molecule has 0 saturated carbocycles. The van der Waals surface area contributed by atoms with E-state index in [0.717, 1.165) is 34.1 Å². The molecular weight excluding hydrogens is 308 g/mol. The SMILES string of the molecule is Cc1occc1-c1nnc(SCCc2ccccc2Cl)o1. The van der Waals surface area contributed by atoms with Gasteiger partial charge < -0.3 is 8.83 Å². The number of halogens is 1. The average molecular weight is 321 g/mol. The lowest BCUT2D eigenvalue weighted by Crippen LogP contribution is -1.89. The molecular formula is C15H13ClN2O2S. The molecule has 1 aromatic carbocycles. The van der Waals surface area contributed by atoms with Gasteiger partial charge in [-0.2, -0.15) is 0 Å². The molecule has 0 saturated heterocycles. The molecule has 0 atom stereocenters. The molecule has 108 valence electrons. The van der Waals surface area contributed by atoms with Crippen molar-refractivity contribution >= 4 is 23.4 Å². The largest absolute Gasteiger partial charge is 0.469 e. The molecule has 0 unspecified atom stereocenters. The number of aromatic nitrogens is 2. The highest BCUT2D eigenvalue weighted by Crippen LogP contribution is 2.27. The summed E-state index contributed by atoms with van der Waals surface area (Å²) in [6.45, 7) is 1.86. The fraction of sp³-hybridized carbons (Fsp3) is 0.200. The maximum atomic E-state index is 6.12. The zero-order valence-electron chi connectivity index (χ0n) is 11.4. The Kier molecular flexibility index (Phi) is 4.31. The van der Waals surface area contributed by atoms with E-state index in [2.05, 4.69) is 10.2 Å². The van der Waals surface area contributed by atoms with Gasteiger partial charge in [-0.3, -0.25) is 0 Å². The first-order valence-electron chi connectivity index (χ1n) is 6.48. The van der Waals surface area contributed by atoms with Crippen molar-refractivity contribution in [2.45, 2.75) is 18.6 Å². The van der Waals surface area contributed by atoms with Gasteiger partial charge >= 0.3 is 0 Å². The maximum Gasteiger partial charge on any atom is 0.276 e. The summed E-state index contributed by atoms with van der Waals surface area (Å²) < 4.78 is 10.9. The molecule has 0 aliphatic heterocycles. The molecule has 2 heterocycles. The van der Waals surface area contributed by atoms with E-state index in [1.54, 1.807) is 6.26 Å². The van der Waals surface area contributed by atoms with Crippen LogP contribution in [0.1, 0.15) is 11.3 Å². The summed E-state index contributed by atoms with van der Waals surface area (Å²) in [7, 11) is 0. The normalized spacial score (nSPS) is 11.0. The van der Waals surface area contributed by atoms with Gasteiger partial charge in [-0.1, -0.05) is 41.6 Å². The van der Waals surface area contributed by atoms with E-state index < -0.39 is 0 Å². The lowest BCUT2D eigenvalue weighted by atomic mass is 10.2. The Morgan fingerprint density at radius 1 is 1.19 bits per heavy atom. The molecule has 3 rings (SSSR count). The standard InChI is InChI=1S/C15H13ClN2O2S/c1-10-12(6-8-19-10)14-17-18-15(20-14)21-9-7-11-4-2-3-5-13(11)16/h2-6,8H,7,9H2,1H3. The third-order valence-corrected chi connectivity index (χ3v) is 4.24. The molecule has 0 radical (unpaired) electrons. The summed E-state index contributed by atoms with van der Waals surface area (Å²) in [5.74, 6) is 2.09. The van der Waals surface area contributed by atoms with Crippen LogP contribution in [0.4, 0.5) is 0 Å². The number of nitrogens with zero attached hydrogens (tertiary/aromatic N) is 2. The lowest BCUT2D eigenvalue weighted by Gasteiger charge is -2.01. The number of aryl methyl sites for hydroxylation is 2. The quantitative estimate of drug-likeness (QED) is 0.642. The van der Waals surface area contributed by atoms with Gasteiger partial charge in [0.15, 0.2) is 0 Å². The summed E-state index contributed by atoms with van der Waals surface area (Å²) in [5.41, 5.74) is 1.96. The minimum absolute atomic E-state index is 0.487. The summed E-state index contributed by atoms with van der Waals surface area (Å²) in [6, 6.07) is 9.65. The molecule has 6 heteroatoms. The first-order valence-corrected chi connectivity index (χ1v) is 7.84. The second kappa shape index (κ2) is 6.37. The summed E-state index contributed by atoms with van der Waals surface area (Å²) in [6.07, 6.45) is 2.46. The smallest absolute Gasteiger partial charge is 0.276 e. The molecule has 4 nitrogen and oxygen atoms in total. The molecule has 0 aliphatic rings. The van der Waals surface area contributed by atoms with Crippen LogP contribution in [0.5, 0.6) is 0 Å². The number of rotatable bonds is 5. The maximum absolute atomic E-state index is 6.12. The van der Waals surface area contributed by atoms with E-state index in [-0.39, 0.29) is 0 Å². The van der Waals surface area contributed by atoms with E-state index in [1.807, 2.05) is 37.3 Å². The molecule has 2 aromatic heterocycles. The Balaban J connectivity index is 1.61. The molecule has 0 N–H and O–H groups in total. The topological polar surface area (TPSA) is 52.1 Å². The van der Waals surface area contributed by atoms with E-state index in [4.69, 9.17) is 20.4 Å². The first-order chi connectivity index (χ1) is 10.2. The number of hydrogen-bond donors (Lipinski definition) is 0. The lowest BCUT2D eigenvalue weighted by molar-refractivity contribution is 0.463. The van der Waals surface area contributed by atoms with Crippen molar-refractivity contribution in [3.63, 3.8) is 0 Å². The highest BCUT2D eigenvalue weighted by molar-refractivity contribution is 7.99. The molecule has 0 aliphatic carbocycles. The number of hydrogen-bond acceptors (Lipinski definition) is 5. The third kappa shape index (κ3) is 3.31. The van der Waals surface area contributed by atoms with Gasteiger partial charge in [0.2, 0.25) is 0 Å². The van der Waals surface area contributed by atoms with Crippen molar-refractivity contribution in [2.75, 3.05) is 5.75 Å². The van der Waals surface area contributed by atoms with Crippen molar-refractivity contribution in [1.29, 1.82) is 0 Å². The van der Waals surface area contributed by atoms with E-state index in [1.165, 1.54) is 11.8 Å². The molecule has 0 fully saturated rings. The third-order valence-electron chi connectivity index (χ3n) is 3.05. The van der Waals surface area contributed by atoms with Gasteiger partial charge in [0.05, 0.1) is 11.8 Å². The van der Waals surface area contributed by atoms with Gasteiger partial charge in [0, 0.05) is 10.8 Å². The highest BCUT2D eigenvalue weighted by atomic mass is 35.5. The Morgan fingerprint density at radius 3 is 2.81 bits per heavy atom. The van der Waals surface area contributed by atoms with Crippen molar-refractivity contribution in [3.8, 4) is 11.5 Å². The van der Waals surface area contributed by atoms with Crippen LogP contribution in [0.25, 0.3) is 11.5 Å². The van der Waals surface area contributed by atoms with Crippen molar-refractivity contribution in [3.05, 3.63) is 52.9 Å². The van der Waals surface area contributed by atoms with Gasteiger partial charge in [-0.05, 0) is 31.0 Å². The van der Waals surface area contributed by atoms with Crippen LogP contribution >= 0.6 is 23.4 Å². The highest BCUT2D eigenvalue weighted by Gasteiger charge is 2.13. The van der Waals surface area contributed by atoms with Crippen LogP contribution in [0.3, 0.4) is 0 Å².